The van der Waals surface area contributed by atoms with E-state index in [0.29, 0.717) is 11.6 Å². The molecule has 0 aliphatic carbocycles. The summed E-state index contributed by atoms with van der Waals surface area (Å²) in [5.74, 6) is 1.10. The number of carbonyl (C=O) groups excluding carboxylic acids is 1. The van der Waals surface area contributed by atoms with Gasteiger partial charge >= 0.3 is 0 Å². The molecule has 1 amide bonds. The summed E-state index contributed by atoms with van der Waals surface area (Å²) < 4.78 is 0. The van der Waals surface area contributed by atoms with E-state index in [1.807, 2.05) is 4.90 Å². The number of piperidine rings is 1. The second-order valence-electron chi connectivity index (χ2n) is 4.12. The molecule has 3 N–H and O–H groups in total. The molecule has 0 spiro atoms. The molecule has 17 heavy (non-hydrogen) atoms. The molecule has 2 heterocycles. The van der Waals surface area contributed by atoms with Crippen molar-refractivity contribution in [1.82, 2.24) is 14.9 Å². The predicted molar refractivity (Wildman–Crippen MR) is 65.4 cm³/mol. The second-order valence-corrected chi connectivity index (χ2v) is 4.12. The molecule has 1 fully saturated rings. The van der Waals surface area contributed by atoms with Crippen molar-refractivity contribution < 1.29 is 4.79 Å². The van der Waals surface area contributed by atoms with Gasteiger partial charge in [0, 0.05) is 19.2 Å². The SMILES string of the molecule is Nc1cc(NCC(=O)N2CCCCC2)ncn1. The van der Waals surface area contributed by atoms with E-state index in [1.165, 1.54) is 12.7 Å². The fourth-order valence-electron chi connectivity index (χ4n) is 1.89. The maximum atomic E-state index is 11.8. The van der Waals surface area contributed by atoms with E-state index in [2.05, 4.69) is 15.3 Å². The molecule has 1 aromatic rings. The first-order valence-corrected chi connectivity index (χ1v) is 5.85. The standard InChI is InChI=1S/C11H17N5O/c12-9-6-10(15-8-14-9)13-7-11(17)16-4-2-1-3-5-16/h6,8H,1-5,7H2,(H3,12,13,14,15). The van der Waals surface area contributed by atoms with Gasteiger partial charge in [0.05, 0.1) is 6.54 Å². The fourth-order valence-corrected chi connectivity index (χ4v) is 1.89. The zero-order valence-electron chi connectivity index (χ0n) is 9.72. The molecule has 6 nitrogen and oxygen atoms in total. The molecule has 0 radical (unpaired) electrons. The van der Waals surface area contributed by atoms with Crippen molar-refractivity contribution in [1.29, 1.82) is 0 Å². The van der Waals surface area contributed by atoms with Gasteiger partial charge < -0.3 is 16.0 Å². The smallest absolute Gasteiger partial charge is 0.241 e. The minimum absolute atomic E-state index is 0.113. The van der Waals surface area contributed by atoms with Crippen molar-refractivity contribution in [3.05, 3.63) is 12.4 Å². The molecule has 0 bridgehead atoms. The molecule has 0 atom stereocenters. The number of likely N-dealkylation sites (tertiary alicyclic amines) is 1. The summed E-state index contributed by atoms with van der Waals surface area (Å²) in [5.41, 5.74) is 5.52. The first-order valence-electron chi connectivity index (χ1n) is 5.85. The topological polar surface area (TPSA) is 84.1 Å². The lowest BCUT2D eigenvalue weighted by atomic mass is 10.1. The van der Waals surface area contributed by atoms with E-state index in [1.54, 1.807) is 6.07 Å². The number of aromatic nitrogens is 2. The molecule has 2 rings (SSSR count). The normalized spacial score (nSPS) is 15.6. The summed E-state index contributed by atoms with van der Waals surface area (Å²) in [6, 6.07) is 1.61. The summed E-state index contributed by atoms with van der Waals surface area (Å²) in [6.45, 7) is 2.00. The van der Waals surface area contributed by atoms with E-state index < -0.39 is 0 Å². The van der Waals surface area contributed by atoms with Crippen LogP contribution >= 0.6 is 0 Å². The maximum absolute atomic E-state index is 11.8. The van der Waals surface area contributed by atoms with Gasteiger partial charge in [0.1, 0.15) is 18.0 Å². The number of anilines is 2. The van der Waals surface area contributed by atoms with E-state index in [-0.39, 0.29) is 12.5 Å². The highest BCUT2D eigenvalue weighted by Crippen LogP contribution is 2.09. The van der Waals surface area contributed by atoms with Crippen LogP contribution in [-0.4, -0.2) is 40.4 Å². The van der Waals surface area contributed by atoms with Crippen LogP contribution in [0.2, 0.25) is 0 Å². The van der Waals surface area contributed by atoms with Crippen molar-refractivity contribution in [3.63, 3.8) is 0 Å². The van der Waals surface area contributed by atoms with Crippen LogP contribution in [0.1, 0.15) is 19.3 Å². The molecule has 0 unspecified atom stereocenters. The summed E-state index contributed by atoms with van der Waals surface area (Å²) in [4.78, 5) is 21.5. The number of nitrogens with one attached hydrogen (secondary N) is 1. The third kappa shape index (κ3) is 3.30. The Morgan fingerprint density at radius 3 is 2.82 bits per heavy atom. The molecular weight excluding hydrogens is 218 g/mol. The molecule has 92 valence electrons. The van der Waals surface area contributed by atoms with Gasteiger partial charge in [-0.25, -0.2) is 9.97 Å². The fraction of sp³-hybridized carbons (Fsp3) is 0.545. The molecule has 1 aliphatic rings. The lowest BCUT2D eigenvalue weighted by Gasteiger charge is -2.26. The van der Waals surface area contributed by atoms with Crippen molar-refractivity contribution >= 4 is 17.5 Å². The first kappa shape index (κ1) is 11.6. The summed E-state index contributed by atoms with van der Waals surface area (Å²) in [6.07, 6.45) is 4.81. The average Bonchev–Trinajstić information content (AvgIpc) is 2.37. The Balaban J connectivity index is 1.83. The number of amides is 1. The number of hydrogen-bond acceptors (Lipinski definition) is 5. The highest BCUT2D eigenvalue weighted by Gasteiger charge is 2.15. The molecular formula is C11H17N5O. The van der Waals surface area contributed by atoms with Gasteiger partial charge in [0.25, 0.3) is 0 Å². The zero-order chi connectivity index (χ0) is 12.1. The van der Waals surface area contributed by atoms with Crippen molar-refractivity contribution in [2.24, 2.45) is 0 Å². The van der Waals surface area contributed by atoms with Gasteiger partial charge in [0.2, 0.25) is 5.91 Å². The number of carbonyl (C=O) groups is 1. The van der Waals surface area contributed by atoms with Crippen LogP contribution in [0.15, 0.2) is 12.4 Å². The van der Waals surface area contributed by atoms with Crippen molar-refractivity contribution in [2.45, 2.75) is 19.3 Å². The summed E-state index contributed by atoms with van der Waals surface area (Å²) >= 11 is 0. The number of hydrogen-bond donors (Lipinski definition) is 2. The summed E-state index contributed by atoms with van der Waals surface area (Å²) in [5, 5.41) is 2.96. The van der Waals surface area contributed by atoms with Gasteiger partial charge in [0.15, 0.2) is 0 Å². The average molecular weight is 235 g/mol. The molecule has 1 aromatic heterocycles. The molecule has 0 saturated carbocycles. The van der Waals surface area contributed by atoms with Gasteiger partial charge in [-0.1, -0.05) is 0 Å². The second kappa shape index (κ2) is 5.47. The Labute approximate surface area is 100 Å². The quantitative estimate of drug-likeness (QED) is 0.796. The van der Waals surface area contributed by atoms with Crippen LogP contribution in [0.5, 0.6) is 0 Å². The zero-order valence-corrected chi connectivity index (χ0v) is 9.72. The van der Waals surface area contributed by atoms with E-state index >= 15 is 0 Å². The highest BCUT2D eigenvalue weighted by atomic mass is 16.2. The number of nitrogen functional groups attached to an aromatic ring is 1. The number of nitrogens with two attached hydrogens (primary N) is 1. The van der Waals surface area contributed by atoms with Crippen LogP contribution in [0, 0.1) is 0 Å². The third-order valence-corrected chi connectivity index (χ3v) is 2.82. The molecule has 1 saturated heterocycles. The van der Waals surface area contributed by atoms with Crippen LogP contribution in [0.25, 0.3) is 0 Å². The lowest BCUT2D eigenvalue weighted by molar-refractivity contribution is -0.130. The summed E-state index contributed by atoms with van der Waals surface area (Å²) in [7, 11) is 0. The lowest BCUT2D eigenvalue weighted by Crippen LogP contribution is -2.39. The Morgan fingerprint density at radius 1 is 1.35 bits per heavy atom. The Bertz CT molecular complexity index is 389. The van der Waals surface area contributed by atoms with E-state index in [4.69, 9.17) is 5.73 Å². The predicted octanol–water partition coefficient (Wildman–Crippen LogP) is 0.483. The van der Waals surface area contributed by atoms with Gasteiger partial charge in [-0.05, 0) is 19.3 Å². The van der Waals surface area contributed by atoms with Gasteiger partial charge in [-0.3, -0.25) is 4.79 Å². The van der Waals surface area contributed by atoms with Crippen LogP contribution in [0.4, 0.5) is 11.6 Å². The van der Waals surface area contributed by atoms with Crippen molar-refractivity contribution in [2.75, 3.05) is 30.7 Å². The maximum Gasteiger partial charge on any atom is 0.241 e. The largest absolute Gasteiger partial charge is 0.384 e. The van der Waals surface area contributed by atoms with Gasteiger partial charge in [-0.15, -0.1) is 0 Å². The minimum atomic E-state index is 0.113. The van der Waals surface area contributed by atoms with Crippen molar-refractivity contribution in [3.8, 4) is 0 Å². The molecule has 1 aliphatic heterocycles. The number of nitrogens with zero attached hydrogens (tertiary/aromatic N) is 3. The Kier molecular flexibility index (Phi) is 3.74. The minimum Gasteiger partial charge on any atom is -0.384 e. The van der Waals surface area contributed by atoms with Gasteiger partial charge in [-0.2, -0.15) is 0 Å². The Hall–Kier alpha value is -1.85. The van der Waals surface area contributed by atoms with E-state index in [0.717, 1.165) is 25.9 Å². The first-order chi connectivity index (χ1) is 8.25. The Morgan fingerprint density at radius 2 is 2.12 bits per heavy atom. The van der Waals surface area contributed by atoms with Crippen LogP contribution < -0.4 is 11.1 Å². The monoisotopic (exact) mass is 235 g/mol. The van der Waals surface area contributed by atoms with E-state index in [9.17, 15) is 4.79 Å². The third-order valence-electron chi connectivity index (χ3n) is 2.82. The van der Waals surface area contributed by atoms with Crippen LogP contribution in [0.3, 0.4) is 0 Å². The molecule has 6 heteroatoms. The highest BCUT2D eigenvalue weighted by molar-refractivity contribution is 5.80. The number of rotatable bonds is 3. The molecule has 0 aromatic carbocycles. The van der Waals surface area contributed by atoms with Crippen LogP contribution in [-0.2, 0) is 4.79 Å².